The van der Waals surface area contributed by atoms with E-state index < -0.39 is 5.56 Å². The number of nitrogens with one attached hydrogen (secondary N) is 1. The Morgan fingerprint density at radius 2 is 2.36 bits per heavy atom. The summed E-state index contributed by atoms with van der Waals surface area (Å²) < 4.78 is 6.29. The zero-order valence-corrected chi connectivity index (χ0v) is 6.94. The maximum Gasteiger partial charge on any atom is 0.314 e. The topological polar surface area (TPSA) is 59.9 Å². The number of H-pyrrole nitrogens is 1. The first-order chi connectivity index (χ1) is 5.15. The molecular weight excluding hydrogens is 166 g/mol. The molecule has 0 aliphatic heterocycles. The predicted molar refractivity (Wildman–Crippen MR) is 41.2 cm³/mol. The average Bonchev–Trinajstić information content (AvgIpc) is 1.97. The molecule has 0 aliphatic rings. The lowest BCUT2D eigenvalue weighted by atomic mass is 10.8. The molecule has 5 nitrogen and oxygen atoms in total. The van der Waals surface area contributed by atoms with Crippen LogP contribution in [0.4, 0.5) is 0 Å². The molecular formula is C5H7N3O2S. The van der Waals surface area contributed by atoms with Crippen LogP contribution in [0.15, 0.2) is 4.79 Å². The number of rotatable bonds is 1. The molecule has 0 aromatic carbocycles. The molecule has 0 atom stereocenters. The van der Waals surface area contributed by atoms with Crippen LogP contribution in [0.1, 0.15) is 0 Å². The summed E-state index contributed by atoms with van der Waals surface area (Å²) in [6.45, 7) is 0. The van der Waals surface area contributed by atoms with Crippen molar-refractivity contribution in [2.45, 2.75) is 0 Å². The molecule has 1 rings (SSSR count). The largest absolute Gasteiger partial charge is 0.476 e. The monoisotopic (exact) mass is 173 g/mol. The van der Waals surface area contributed by atoms with Crippen LogP contribution in [-0.2, 0) is 7.05 Å². The number of nitrogens with zero attached hydrogens (tertiary/aromatic N) is 2. The van der Waals surface area contributed by atoms with Gasteiger partial charge in [-0.3, -0.25) is 9.78 Å². The first-order valence-corrected chi connectivity index (χ1v) is 3.27. The maximum atomic E-state index is 10.9. The molecule has 1 aromatic heterocycles. The lowest BCUT2D eigenvalue weighted by molar-refractivity contribution is 0.373. The van der Waals surface area contributed by atoms with E-state index in [-0.39, 0.29) is 10.7 Å². The van der Waals surface area contributed by atoms with Gasteiger partial charge < -0.3 is 4.74 Å². The smallest absolute Gasteiger partial charge is 0.314 e. The van der Waals surface area contributed by atoms with Gasteiger partial charge in [-0.05, 0) is 12.2 Å². The number of methoxy groups -OCH3 is 1. The summed E-state index contributed by atoms with van der Waals surface area (Å²) in [7, 11) is 3.00. The highest BCUT2D eigenvalue weighted by Gasteiger charge is 1.99. The molecule has 1 heterocycles. The first kappa shape index (κ1) is 7.93. The Labute approximate surface area is 67.6 Å². The molecule has 0 fully saturated rings. The van der Waals surface area contributed by atoms with Crippen molar-refractivity contribution in [3.05, 3.63) is 15.1 Å². The fourth-order valence-corrected chi connectivity index (χ4v) is 0.726. The molecule has 6 heteroatoms. The van der Waals surface area contributed by atoms with E-state index in [1.807, 2.05) is 0 Å². The van der Waals surface area contributed by atoms with Gasteiger partial charge in [0.15, 0.2) is 4.77 Å². The first-order valence-electron chi connectivity index (χ1n) is 2.87. The second-order valence-corrected chi connectivity index (χ2v) is 2.28. The fourth-order valence-electron chi connectivity index (χ4n) is 0.592. The van der Waals surface area contributed by atoms with Crippen molar-refractivity contribution < 1.29 is 4.74 Å². The summed E-state index contributed by atoms with van der Waals surface area (Å²) in [6, 6.07) is 0. The van der Waals surface area contributed by atoms with Crippen molar-refractivity contribution >= 4 is 12.2 Å². The van der Waals surface area contributed by atoms with Gasteiger partial charge >= 0.3 is 5.56 Å². The van der Waals surface area contributed by atoms with Crippen molar-refractivity contribution in [2.24, 2.45) is 7.05 Å². The van der Waals surface area contributed by atoms with Crippen LogP contribution in [-0.4, -0.2) is 21.9 Å². The molecule has 0 amide bonds. The minimum absolute atomic E-state index is 0.0149. The third-order valence-corrected chi connectivity index (χ3v) is 1.51. The predicted octanol–water partition coefficient (Wildman–Crippen LogP) is -0.154. The maximum absolute atomic E-state index is 10.9. The average molecular weight is 173 g/mol. The van der Waals surface area contributed by atoms with Crippen LogP contribution in [0.25, 0.3) is 0 Å². The van der Waals surface area contributed by atoms with Crippen LogP contribution in [0.2, 0.25) is 0 Å². The third-order valence-electron chi connectivity index (χ3n) is 1.14. The normalized spacial score (nSPS) is 9.64. The number of hydrogen-bond donors (Lipinski definition) is 1. The number of aromatic nitrogens is 3. The van der Waals surface area contributed by atoms with Crippen molar-refractivity contribution in [3.63, 3.8) is 0 Å². The lowest BCUT2D eigenvalue weighted by Gasteiger charge is -1.99. The van der Waals surface area contributed by atoms with E-state index in [2.05, 4.69) is 14.8 Å². The summed E-state index contributed by atoms with van der Waals surface area (Å²) in [6.07, 6.45) is 0. The second-order valence-electron chi connectivity index (χ2n) is 1.89. The number of aromatic amines is 1. The van der Waals surface area contributed by atoms with Crippen molar-refractivity contribution in [2.75, 3.05) is 7.11 Å². The third kappa shape index (κ3) is 1.45. The van der Waals surface area contributed by atoms with E-state index in [0.717, 1.165) is 0 Å². The summed E-state index contributed by atoms with van der Waals surface area (Å²) >= 11 is 4.74. The minimum atomic E-state index is -0.407. The van der Waals surface area contributed by atoms with Crippen LogP contribution in [0, 0.1) is 4.77 Å². The number of aryl methyl sites for hydroxylation is 1. The van der Waals surface area contributed by atoms with Gasteiger partial charge in [-0.1, -0.05) is 0 Å². The zero-order valence-electron chi connectivity index (χ0n) is 6.12. The molecule has 0 spiro atoms. The zero-order chi connectivity index (χ0) is 8.43. The Morgan fingerprint density at radius 3 is 2.91 bits per heavy atom. The van der Waals surface area contributed by atoms with Crippen molar-refractivity contribution in [1.82, 2.24) is 14.8 Å². The Kier molecular flexibility index (Phi) is 2.04. The van der Waals surface area contributed by atoms with Gasteiger partial charge in [0.2, 0.25) is 0 Å². The highest BCUT2D eigenvalue weighted by atomic mass is 32.1. The van der Waals surface area contributed by atoms with Crippen LogP contribution in [0.5, 0.6) is 5.88 Å². The molecule has 1 aromatic rings. The van der Waals surface area contributed by atoms with E-state index in [1.165, 1.54) is 11.8 Å². The summed E-state index contributed by atoms with van der Waals surface area (Å²) in [4.78, 5) is 13.3. The summed E-state index contributed by atoms with van der Waals surface area (Å²) in [5.41, 5.74) is -0.407. The minimum Gasteiger partial charge on any atom is -0.476 e. The Balaban J connectivity index is 3.45. The highest BCUT2D eigenvalue weighted by Crippen LogP contribution is 1.90. The SMILES string of the molecule is COc1nn(C)c(=S)[nH]c1=O. The number of ether oxygens (including phenoxy) is 1. The second kappa shape index (κ2) is 2.83. The molecule has 0 radical (unpaired) electrons. The molecule has 11 heavy (non-hydrogen) atoms. The Morgan fingerprint density at radius 1 is 1.73 bits per heavy atom. The van der Waals surface area contributed by atoms with Crippen molar-refractivity contribution in [3.8, 4) is 5.88 Å². The lowest BCUT2D eigenvalue weighted by Crippen LogP contribution is -2.16. The molecule has 0 bridgehead atoms. The van der Waals surface area contributed by atoms with Crippen molar-refractivity contribution in [1.29, 1.82) is 0 Å². The van der Waals surface area contributed by atoms with E-state index >= 15 is 0 Å². The molecule has 0 saturated heterocycles. The summed E-state index contributed by atoms with van der Waals surface area (Å²) in [5, 5.41) is 3.74. The van der Waals surface area contributed by atoms with Crippen LogP contribution >= 0.6 is 12.2 Å². The van der Waals surface area contributed by atoms with Crippen LogP contribution < -0.4 is 10.3 Å². The van der Waals surface area contributed by atoms with Gasteiger partial charge in [0.1, 0.15) is 0 Å². The standard InChI is InChI=1S/C5H7N3O2S/c1-8-5(11)6-3(9)4(7-8)10-2/h1-2H3,(H,6,9,11). The Bertz CT molecular complexity index is 367. The van der Waals surface area contributed by atoms with Gasteiger partial charge in [-0.15, -0.1) is 5.10 Å². The van der Waals surface area contributed by atoms with Gasteiger partial charge in [0, 0.05) is 7.05 Å². The molecule has 60 valence electrons. The fraction of sp³-hybridized carbons (Fsp3) is 0.400. The van der Waals surface area contributed by atoms with E-state index in [0.29, 0.717) is 0 Å². The van der Waals surface area contributed by atoms with E-state index in [1.54, 1.807) is 7.05 Å². The Hall–Kier alpha value is -1.17. The highest BCUT2D eigenvalue weighted by molar-refractivity contribution is 7.71. The van der Waals surface area contributed by atoms with Crippen LogP contribution in [0.3, 0.4) is 0 Å². The molecule has 0 saturated carbocycles. The number of hydrogen-bond acceptors (Lipinski definition) is 4. The van der Waals surface area contributed by atoms with Gasteiger partial charge in [-0.2, -0.15) is 0 Å². The quantitative estimate of drug-likeness (QED) is 0.600. The summed E-state index contributed by atoms with van der Waals surface area (Å²) in [5.74, 6) is 0.0149. The van der Waals surface area contributed by atoms with Gasteiger partial charge in [0.25, 0.3) is 5.88 Å². The van der Waals surface area contributed by atoms with Gasteiger partial charge in [-0.25, -0.2) is 4.68 Å². The molecule has 0 aliphatic carbocycles. The van der Waals surface area contributed by atoms with Gasteiger partial charge in [0.05, 0.1) is 7.11 Å². The van der Waals surface area contributed by atoms with E-state index in [4.69, 9.17) is 12.2 Å². The molecule has 1 N–H and O–H groups in total. The molecule has 0 unspecified atom stereocenters. The van der Waals surface area contributed by atoms with E-state index in [9.17, 15) is 4.79 Å².